The van der Waals surface area contributed by atoms with Crippen LogP contribution >= 0.6 is 0 Å². The molecule has 0 aromatic carbocycles. The van der Waals surface area contributed by atoms with Crippen LogP contribution in [0.15, 0.2) is 0 Å². The van der Waals surface area contributed by atoms with Crippen molar-refractivity contribution in [2.75, 3.05) is 19.8 Å². The molecule has 0 aromatic heterocycles. The van der Waals surface area contributed by atoms with Crippen LogP contribution in [-0.4, -0.2) is 176 Å². The molecule has 0 amide bonds. The molecule has 3 aliphatic rings. The highest BCUT2D eigenvalue weighted by Crippen LogP contribution is 2.49. The Kier molecular flexibility index (Phi) is 20.9. The van der Waals surface area contributed by atoms with Crippen LogP contribution in [0.4, 0.5) is 0 Å². The molecule has 16 nitrogen and oxygen atoms in total. The van der Waals surface area contributed by atoms with Gasteiger partial charge in [-0.15, -0.1) is 0 Å². The third-order valence-corrected chi connectivity index (χ3v) is 9.63. The Bertz CT molecular complexity index is 978. The molecule has 0 spiro atoms. The van der Waals surface area contributed by atoms with Gasteiger partial charge in [-0.1, -0.05) is 90.2 Å². The molecule has 313 valence electrons. The van der Waals surface area contributed by atoms with E-state index < -0.39 is 128 Å². The van der Waals surface area contributed by atoms with Crippen LogP contribution in [0.3, 0.4) is 0 Å². The molecule has 1 radical (unpaired) electrons. The van der Waals surface area contributed by atoms with Crippen LogP contribution in [0, 0.1) is 10.8 Å². The highest BCUT2D eigenvalue weighted by molar-refractivity contribution is 6.33. The molecule has 0 aromatic rings. The summed E-state index contributed by atoms with van der Waals surface area (Å²) in [4.78, 5) is 0. The fourth-order valence-electron chi connectivity index (χ4n) is 5.82. The summed E-state index contributed by atoms with van der Waals surface area (Å²) in [5.74, 6) is 0. The lowest BCUT2D eigenvalue weighted by molar-refractivity contribution is -0.407. The number of hydrogen-bond acceptors (Lipinski definition) is 16. The van der Waals surface area contributed by atoms with Gasteiger partial charge in [0.1, 0.15) is 80.5 Å². The van der Waals surface area contributed by atoms with Crippen molar-refractivity contribution in [3.63, 3.8) is 0 Å². The number of rotatable bonds is 10. The van der Waals surface area contributed by atoms with Crippen LogP contribution in [0.25, 0.3) is 0 Å². The predicted molar refractivity (Wildman–Crippen MR) is 194 cm³/mol. The molecule has 0 saturated carbocycles. The first-order valence-electron chi connectivity index (χ1n) is 19.8. The minimum absolute atomic E-state index is 0.00926. The lowest BCUT2D eigenvalue weighted by Gasteiger charge is -2.55. The van der Waals surface area contributed by atoms with Crippen LogP contribution in [-0.2, 0) is 28.4 Å². The monoisotopic (exact) mass is 763 g/mol. The van der Waals surface area contributed by atoms with E-state index in [1.807, 2.05) is 83.3 Å². The second-order valence-corrected chi connectivity index (χ2v) is 14.6. The fraction of sp³-hybridized carbons (Fsp3) is 1.00. The number of aliphatic hydroxyl groups excluding tert-OH is 10. The molecule has 3 rings (SSSR count). The summed E-state index contributed by atoms with van der Waals surface area (Å²) in [5, 5.41) is 103. The Hall–Kier alpha value is -0.575. The number of ether oxygens (including phenoxy) is 6. The van der Waals surface area contributed by atoms with E-state index in [1.165, 1.54) is 14.8 Å². The van der Waals surface area contributed by atoms with Gasteiger partial charge in [-0.3, -0.25) is 0 Å². The lowest BCUT2D eigenvalue weighted by atomic mass is 9.63. The summed E-state index contributed by atoms with van der Waals surface area (Å²) in [7, 11) is 4.33. The molecule has 3 fully saturated rings. The van der Waals surface area contributed by atoms with Crippen molar-refractivity contribution in [3.05, 3.63) is 0 Å². The van der Waals surface area contributed by atoms with Crippen LogP contribution < -0.4 is 0 Å². The van der Waals surface area contributed by atoms with E-state index in [0.29, 0.717) is 0 Å². The second-order valence-electron chi connectivity index (χ2n) is 14.6. The molecule has 16 atom stereocenters. The molecule has 17 heteroatoms. The van der Waals surface area contributed by atoms with Gasteiger partial charge in [-0.05, 0) is 17.8 Å². The van der Waals surface area contributed by atoms with Crippen LogP contribution in [0.2, 0.25) is 13.1 Å². The van der Waals surface area contributed by atoms with Gasteiger partial charge in [0.15, 0.2) is 18.9 Å². The third kappa shape index (κ3) is 12.2. The first kappa shape index (κ1) is 47.6. The van der Waals surface area contributed by atoms with Crippen LogP contribution in [0.1, 0.15) is 88.2 Å². The first-order chi connectivity index (χ1) is 25.5. The molecule has 10 N–H and O–H groups in total. The standard InChI is InChI=1S/C28H52O16.C3H8B.C2H6.2CH4/c1-26(2,3)28(7,27(4,5)6)44-25-22(43-24-20(38)18(36)15(33)12(9-30)40-24)21(16(34)13(10-31)41-25)42-23-19(37)17(35)14(32)11(8-29)39-23;1-3-4-2;1-2;;/h11-25,29-38H,8-10H2,1-7H3;3H2,1-2H3;1-2H3;2*1H4/t11-,12-,13?,14-,15-,16?,17+,18+,19+,20+,21?,22?,23?,24?,25?;;;;/m1..../s1/i;3+1H;;2*1H. The highest BCUT2D eigenvalue weighted by Gasteiger charge is 2.58. The van der Waals surface area contributed by atoms with Crippen molar-refractivity contribution in [2.45, 2.75) is 195 Å². The van der Waals surface area contributed by atoms with E-state index in [4.69, 9.17) is 32.5 Å². The van der Waals surface area contributed by atoms with E-state index in [0.717, 1.165) is 0 Å². The van der Waals surface area contributed by atoms with Crippen molar-refractivity contribution < 1.29 is 83.6 Å². The quantitative estimate of drug-likeness (QED) is 0.102. The summed E-state index contributed by atoms with van der Waals surface area (Å²) in [6.45, 7) is 18.9. The Morgan fingerprint density at radius 1 is 0.577 bits per heavy atom. The summed E-state index contributed by atoms with van der Waals surface area (Å²) >= 11 is 0. The van der Waals surface area contributed by atoms with Crippen molar-refractivity contribution >= 4 is 7.28 Å². The molecule has 52 heavy (non-hydrogen) atoms. The first-order valence-corrected chi connectivity index (χ1v) is 17.3. The molecule has 8 unspecified atom stereocenters. The Balaban J connectivity index is 0. The smallest absolute Gasteiger partial charge is 0.187 e. The molecular weight excluding hydrogens is 688 g/mol. The van der Waals surface area contributed by atoms with Crippen molar-refractivity contribution in [2.24, 2.45) is 10.8 Å². The third-order valence-electron chi connectivity index (χ3n) is 9.63. The average Bonchev–Trinajstić information content (AvgIpc) is 3.15. The van der Waals surface area contributed by atoms with E-state index in [1.54, 1.807) is 0 Å². The van der Waals surface area contributed by atoms with Gasteiger partial charge in [0.05, 0.1) is 25.4 Å². The molecular formula is C35H74BO16. The molecule has 0 bridgehead atoms. The van der Waals surface area contributed by atoms with Gasteiger partial charge in [0, 0.05) is 4.11 Å². The van der Waals surface area contributed by atoms with E-state index in [2.05, 4.69) is 0 Å². The zero-order valence-corrected chi connectivity index (χ0v) is 33.4. The van der Waals surface area contributed by atoms with Gasteiger partial charge < -0.3 is 79.5 Å². The molecule has 3 aliphatic heterocycles. The van der Waals surface area contributed by atoms with E-state index >= 15 is 0 Å². The summed E-state index contributed by atoms with van der Waals surface area (Å²) in [6, 6.07) is 0. The predicted octanol–water partition coefficient (Wildman–Crippen LogP) is -0.222. The number of hydrogen-bond donors (Lipinski definition) is 10. The maximum Gasteiger partial charge on any atom is 0.187 e. The summed E-state index contributed by atoms with van der Waals surface area (Å²) < 4.78 is 53.9. The normalized spacial score (nSPS) is 39.4. The van der Waals surface area contributed by atoms with Crippen LogP contribution in [0.5, 0.6) is 0 Å². The summed E-state index contributed by atoms with van der Waals surface area (Å²) in [6.07, 6.45) is -24.8. The zero-order chi connectivity index (χ0) is 43.8. The number of aliphatic hydroxyl groups is 10. The topological polar surface area (TPSA) is 258 Å². The fourth-order valence-corrected chi connectivity index (χ4v) is 5.82. The maximum absolute atomic E-state index is 11.3. The minimum atomic E-state index is -1.88. The Morgan fingerprint density at radius 3 is 1.19 bits per heavy atom. The summed E-state index contributed by atoms with van der Waals surface area (Å²) in [5.41, 5.74) is -2.17. The van der Waals surface area contributed by atoms with E-state index in [9.17, 15) is 51.1 Å². The molecule has 3 heterocycles. The Labute approximate surface area is 316 Å². The van der Waals surface area contributed by atoms with Gasteiger partial charge >= 0.3 is 0 Å². The largest absolute Gasteiger partial charge is 0.394 e. The second kappa shape index (κ2) is 22.8. The Morgan fingerprint density at radius 2 is 0.885 bits per heavy atom. The van der Waals surface area contributed by atoms with Crippen molar-refractivity contribution in [1.29, 1.82) is 0 Å². The lowest BCUT2D eigenvalue weighted by Crippen LogP contribution is -2.68. The minimum Gasteiger partial charge on any atom is -0.394 e. The van der Waals surface area contributed by atoms with Crippen molar-refractivity contribution in [3.8, 4) is 0 Å². The zero-order valence-electron chi connectivity index (χ0n) is 36.4. The van der Waals surface area contributed by atoms with Gasteiger partial charge in [-0.25, -0.2) is 0 Å². The SMILES string of the molecule is CC.CC(C)(C)C(C)(OC1OC(CO)C(O)C(OC2O[C@H](CO)[C@@H](O)[C@H](O)[C@@H]2O)C1OC1O[C@H](CO)[C@@H](O)[C@H](O)[C@@H]1O)C(C)(C)C.[1H]C.[1H]C.[1H][13CH](C)[B]C. The van der Waals surface area contributed by atoms with Gasteiger partial charge in [0.25, 0.3) is 0 Å². The highest BCUT2D eigenvalue weighted by atomic mass is 16.8. The molecule has 3 saturated heterocycles. The van der Waals surface area contributed by atoms with E-state index in [-0.39, 0.29) is 6.30 Å². The molecule has 0 aliphatic carbocycles. The van der Waals surface area contributed by atoms with Crippen molar-refractivity contribution in [1.82, 2.24) is 0 Å². The average molecular weight is 763 g/mol. The van der Waals surface area contributed by atoms with Gasteiger partial charge in [-0.2, -0.15) is 0 Å². The van der Waals surface area contributed by atoms with Gasteiger partial charge in [0.2, 0.25) is 0 Å². The maximum atomic E-state index is 11.3.